The number of aliphatic hydroxyl groups excluding tert-OH is 1. The molecule has 0 bridgehead atoms. The minimum atomic E-state index is -0.763. The Balaban J connectivity index is 1.94. The highest BCUT2D eigenvalue weighted by Crippen LogP contribution is 2.41. The number of ketones is 1. The minimum Gasteiger partial charge on any atom is -0.507 e. The summed E-state index contributed by atoms with van der Waals surface area (Å²) in [6.45, 7) is 0. The summed E-state index contributed by atoms with van der Waals surface area (Å²) < 4.78 is 0. The van der Waals surface area contributed by atoms with E-state index in [4.69, 9.17) is 11.6 Å². The third-order valence-electron chi connectivity index (χ3n) is 4.60. The largest absolute Gasteiger partial charge is 0.507 e. The number of nitrogens with zero attached hydrogens (tertiary/aromatic N) is 2. The zero-order valence-corrected chi connectivity index (χ0v) is 15.4. The van der Waals surface area contributed by atoms with Crippen LogP contribution in [-0.2, 0) is 9.59 Å². The molecule has 0 spiro atoms. The van der Waals surface area contributed by atoms with E-state index in [1.54, 1.807) is 42.6 Å². The number of aromatic nitrogens is 1. The normalized spacial score (nSPS) is 18.5. The van der Waals surface area contributed by atoms with E-state index in [2.05, 4.69) is 4.98 Å². The highest BCUT2D eigenvalue weighted by atomic mass is 35.5. The Morgan fingerprint density at radius 1 is 0.964 bits per heavy atom. The van der Waals surface area contributed by atoms with Crippen LogP contribution in [0.25, 0.3) is 5.76 Å². The van der Waals surface area contributed by atoms with Crippen molar-refractivity contribution in [3.63, 3.8) is 0 Å². The first-order valence-corrected chi connectivity index (χ1v) is 8.97. The zero-order chi connectivity index (χ0) is 19.7. The summed E-state index contributed by atoms with van der Waals surface area (Å²) >= 11 is 5.92. The van der Waals surface area contributed by atoms with Crippen molar-refractivity contribution in [3.8, 4) is 0 Å². The van der Waals surface area contributed by atoms with Crippen molar-refractivity contribution >= 4 is 34.7 Å². The average Bonchev–Trinajstić information content (AvgIpc) is 3.00. The van der Waals surface area contributed by atoms with Crippen molar-refractivity contribution < 1.29 is 14.7 Å². The predicted octanol–water partition coefficient (Wildman–Crippen LogP) is 4.36. The fourth-order valence-electron chi connectivity index (χ4n) is 3.31. The minimum absolute atomic E-state index is 0.0300. The van der Waals surface area contributed by atoms with Crippen LogP contribution in [0, 0.1) is 0 Å². The van der Waals surface area contributed by atoms with Gasteiger partial charge in [-0.25, -0.2) is 0 Å². The Morgan fingerprint density at radius 3 is 2.32 bits per heavy atom. The van der Waals surface area contributed by atoms with Crippen molar-refractivity contribution in [2.45, 2.75) is 6.04 Å². The molecule has 28 heavy (non-hydrogen) atoms. The van der Waals surface area contributed by atoms with Crippen LogP contribution in [0.2, 0.25) is 5.02 Å². The van der Waals surface area contributed by atoms with Gasteiger partial charge >= 0.3 is 0 Å². The number of benzene rings is 2. The lowest BCUT2D eigenvalue weighted by Gasteiger charge is -2.25. The predicted molar refractivity (Wildman–Crippen MR) is 107 cm³/mol. The van der Waals surface area contributed by atoms with Gasteiger partial charge in [0, 0.05) is 16.8 Å². The van der Waals surface area contributed by atoms with Gasteiger partial charge in [-0.15, -0.1) is 0 Å². The van der Waals surface area contributed by atoms with Crippen LogP contribution in [0.1, 0.15) is 17.2 Å². The van der Waals surface area contributed by atoms with E-state index in [0.29, 0.717) is 21.8 Å². The Morgan fingerprint density at radius 2 is 1.68 bits per heavy atom. The number of carbonyl (C=O) groups excluding carboxylic acids is 2. The molecule has 138 valence electrons. The maximum atomic E-state index is 12.9. The Labute approximate surface area is 166 Å². The van der Waals surface area contributed by atoms with Gasteiger partial charge in [0.1, 0.15) is 5.76 Å². The van der Waals surface area contributed by atoms with E-state index in [9.17, 15) is 14.7 Å². The van der Waals surface area contributed by atoms with Crippen molar-refractivity contribution in [1.29, 1.82) is 0 Å². The molecular formula is C22H15ClN2O3. The number of rotatable bonds is 3. The van der Waals surface area contributed by atoms with Gasteiger partial charge in [0.2, 0.25) is 0 Å². The third kappa shape index (κ3) is 3.06. The van der Waals surface area contributed by atoms with Crippen LogP contribution >= 0.6 is 11.6 Å². The second-order valence-corrected chi connectivity index (χ2v) is 6.73. The van der Waals surface area contributed by atoms with Crippen LogP contribution in [0.4, 0.5) is 5.69 Å². The molecule has 1 N–H and O–H groups in total. The number of pyridine rings is 1. The molecule has 1 saturated heterocycles. The fraction of sp³-hybridized carbons (Fsp3) is 0.0455. The van der Waals surface area contributed by atoms with E-state index in [1.165, 1.54) is 11.1 Å². The first kappa shape index (κ1) is 17.9. The molecule has 4 rings (SSSR count). The summed E-state index contributed by atoms with van der Waals surface area (Å²) in [6.07, 6.45) is 3.11. The van der Waals surface area contributed by atoms with Gasteiger partial charge in [-0.3, -0.25) is 19.5 Å². The lowest BCUT2D eigenvalue weighted by atomic mass is 9.95. The Bertz CT molecular complexity index is 1060. The number of halogens is 1. The quantitative estimate of drug-likeness (QED) is 0.410. The second-order valence-electron chi connectivity index (χ2n) is 6.30. The van der Waals surface area contributed by atoms with Gasteiger partial charge < -0.3 is 5.11 Å². The summed E-state index contributed by atoms with van der Waals surface area (Å²) in [7, 11) is 0. The van der Waals surface area contributed by atoms with Crippen molar-refractivity contribution in [2.75, 3.05) is 4.90 Å². The first-order valence-electron chi connectivity index (χ1n) is 8.60. The highest BCUT2D eigenvalue weighted by Gasteiger charge is 2.46. The standard InChI is InChI=1S/C22H15ClN2O3/c23-16-10-8-15(9-11-16)20(26)18-19(14-5-2-1-3-6-14)25(22(28)21(18)27)17-7-4-12-24-13-17/h1-13,19,26H/b20-18+. The monoisotopic (exact) mass is 390 g/mol. The topological polar surface area (TPSA) is 70.5 Å². The summed E-state index contributed by atoms with van der Waals surface area (Å²) in [4.78, 5) is 31.2. The molecule has 5 nitrogen and oxygen atoms in total. The van der Waals surface area contributed by atoms with E-state index in [0.717, 1.165) is 0 Å². The molecular weight excluding hydrogens is 376 g/mol. The third-order valence-corrected chi connectivity index (χ3v) is 4.85. The zero-order valence-electron chi connectivity index (χ0n) is 14.6. The van der Waals surface area contributed by atoms with Gasteiger partial charge in [-0.05, 0) is 42.0 Å². The molecule has 1 amide bonds. The molecule has 1 aliphatic heterocycles. The first-order chi connectivity index (χ1) is 13.6. The Kier molecular flexibility index (Phi) is 4.67. The van der Waals surface area contributed by atoms with Crippen molar-refractivity contribution in [2.24, 2.45) is 0 Å². The second kappa shape index (κ2) is 7.29. The smallest absolute Gasteiger partial charge is 0.300 e. The summed E-state index contributed by atoms with van der Waals surface area (Å²) in [6, 6.07) is 18.2. The van der Waals surface area contributed by atoms with Crippen LogP contribution in [0.5, 0.6) is 0 Å². The number of hydrogen-bond donors (Lipinski definition) is 1. The molecule has 1 aliphatic rings. The van der Waals surface area contributed by atoms with Gasteiger partial charge in [-0.2, -0.15) is 0 Å². The van der Waals surface area contributed by atoms with E-state index in [1.807, 2.05) is 30.3 Å². The van der Waals surface area contributed by atoms with E-state index in [-0.39, 0.29) is 11.3 Å². The van der Waals surface area contributed by atoms with Crippen molar-refractivity contribution in [1.82, 2.24) is 4.98 Å². The molecule has 2 heterocycles. The number of anilines is 1. The van der Waals surface area contributed by atoms with Crippen LogP contribution in [0.3, 0.4) is 0 Å². The summed E-state index contributed by atoms with van der Waals surface area (Å²) in [5.74, 6) is -1.70. The molecule has 2 aromatic carbocycles. The van der Waals surface area contributed by atoms with E-state index >= 15 is 0 Å². The summed E-state index contributed by atoms with van der Waals surface area (Å²) in [5.41, 5.74) is 1.63. The lowest BCUT2D eigenvalue weighted by Crippen LogP contribution is -2.29. The molecule has 0 saturated carbocycles. The van der Waals surface area contributed by atoms with Gasteiger partial charge in [0.05, 0.1) is 23.5 Å². The van der Waals surface area contributed by atoms with Gasteiger partial charge in [0.25, 0.3) is 11.7 Å². The number of carbonyl (C=O) groups is 2. The van der Waals surface area contributed by atoms with Crippen LogP contribution in [0.15, 0.2) is 84.7 Å². The van der Waals surface area contributed by atoms with Crippen LogP contribution < -0.4 is 4.90 Å². The van der Waals surface area contributed by atoms with Gasteiger partial charge in [-0.1, -0.05) is 41.9 Å². The molecule has 1 fully saturated rings. The molecule has 0 radical (unpaired) electrons. The number of aliphatic hydroxyl groups is 1. The molecule has 6 heteroatoms. The molecule has 1 unspecified atom stereocenters. The number of Topliss-reactive ketones (excluding diaryl/α,β-unsaturated/α-hetero) is 1. The maximum absolute atomic E-state index is 12.9. The molecule has 1 aromatic heterocycles. The number of hydrogen-bond acceptors (Lipinski definition) is 4. The van der Waals surface area contributed by atoms with Gasteiger partial charge in [0.15, 0.2) is 0 Å². The highest BCUT2D eigenvalue weighted by molar-refractivity contribution is 6.51. The van der Waals surface area contributed by atoms with Crippen LogP contribution in [-0.4, -0.2) is 21.8 Å². The summed E-state index contributed by atoms with van der Waals surface area (Å²) in [5, 5.41) is 11.4. The lowest BCUT2D eigenvalue weighted by molar-refractivity contribution is -0.132. The average molecular weight is 391 g/mol. The maximum Gasteiger partial charge on any atom is 0.300 e. The Hall–Kier alpha value is -3.44. The number of amides is 1. The van der Waals surface area contributed by atoms with Crippen molar-refractivity contribution in [3.05, 3.63) is 101 Å². The SMILES string of the molecule is O=C1C(=O)N(c2cccnc2)C(c2ccccc2)/C1=C(\O)c1ccc(Cl)cc1. The molecule has 0 aliphatic carbocycles. The van der Waals surface area contributed by atoms with E-state index < -0.39 is 17.7 Å². The molecule has 3 aromatic rings. The fourth-order valence-corrected chi connectivity index (χ4v) is 3.44. The molecule has 1 atom stereocenters.